The third-order valence-corrected chi connectivity index (χ3v) is 3.42. The molecule has 2 rings (SSSR count). The predicted octanol–water partition coefficient (Wildman–Crippen LogP) is 2.09. The molecule has 1 aromatic rings. The number of aliphatic hydroxyl groups is 1. The second-order valence-electron chi connectivity index (χ2n) is 5.23. The van der Waals surface area contributed by atoms with Crippen LogP contribution in [0, 0.1) is 24.7 Å². The summed E-state index contributed by atoms with van der Waals surface area (Å²) in [6.45, 7) is 3.25. The van der Waals surface area contributed by atoms with E-state index < -0.39 is 0 Å². The van der Waals surface area contributed by atoms with Crippen LogP contribution in [-0.2, 0) is 9.53 Å². The molecule has 21 heavy (non-hydrogen) atoms. The van der Waals surface area contributed by atoms with Crippen LogP contribution in [-0.4, -0.2) is 30.8 Å². The molecule has 0 aliphatic carbocycles. The number of nitrogens with one attached hydrogen (secondary N) is 1. The molecule has 1 saturated heterocycles. The van der Waals surface area contributed by atoms with Gasteiger partial charge in [0.25, 0.3) is 0 Å². The molecule has 1 atom stereocenters. The maximum Gasteiger partial charge on any atom is 0.229 e. The van der Waals surface area contributed by atoms with Crippen LogP contribution < -0.4 is 5.32 Å². The quantitative estimate of drug-likeness (QED) is 0.837. The fourth-order valence-electron chi connectivity index (χ4n) is 2.27. The second kappa shape index (κ2) is 7.82. The highest BCUT2D eigenvalue weighted by molar-refractivity contribution is 5.94. The number of rotatable bonds is 3. The largest absolute Gasteiger partial charge is 0.395 e. The molecule has 112 valence electrons. The summed E-state index contributed by atoms with van der Waals surface area (Å²) >= 11 is 0. The molecule has 1 aliphatic heterocycles. The molecule has 1 amide bonds. The topological polar surface area (TPSA) is 58.6 Å². The number of hydrogen-bond acceptors (Lipinski definition) is 3. The molecular weight excluding hydrogens is 266 g/mol. The van der Waals surface area contributed by atoms with E-state index in [-0.39, 0.29) is 18.4 Å². The maximum absolute atomic E-state index is 12.3. The van der Waals surface area contributed by atoms with Crippen molar-refractivity contribution in [2.24, 2.45) is 5.92 Å². The van der Waals surface area contributed by atoms with E-state index in [9.17, 15) is 4.79 Å². The lowest BCUT2D eigenvalue weighted by molar-refractivity contribution is -0.123. The van der Waals surface area contributed by atoms with Gasteiger partial charge in [0.1, 0.15) is 0 Å². The SMILES string of the molecule is Cc1ccc(C#CCCO)c(NC(=O)C2CCCOC2)c1. The Morgan fingerprint density at radius 2 is 2.38 bits per heavy atom. The Morgan fingerprint density at radius 1 is 1.52 bits per heavy atom. The Bertz CT molecular complexity index is 551. The molecule has 4 heteroatoms. The van der Waals surface area contributed by atoms with Crippen molar-refractivity contribution in [3.63, 3.8) is 0 Å². The number of amides is 1. The number of aliphatic hydroxyl groups excluding tert-OH is 1. The van der Waals surface area contributed by atoms with Gasteiger partial charge in [-0.25, -0.2) is 0 Å². The monoisotopic (exact) mass is 287 g/mol. The minimum absolute atomic E-state index is 0.00879. The van der Waals surface area contributed by atoms with Gasteiger partial charge >= 0.3 is 0 Å². The molecule has 0 bridgehead atoms. The van der Waals surface area contributed by atoms with Crippen molar-refractivity contribution >= 4 is 11.6 Å². The first kappa shape index (κ1) is 15.6. The average molecular weight is 287 g/mol. The zero-order valence-electron chi connectivity index (χ0n) is 12.3. The van der Waals surface area contributed by atoms with Crippen molar-refractivity contribution in [3.05, 3.63) is 29.3 Å². The van der Waals surface area contributed by atoms with Gasteiger partial charge in [0, 0.05) is 18.6 Å². The van der Waals surface area contributed by atoms with Gasteiger partial charge in [0.2, 0.25) is 5.91 Å². The van der Waals surface area contributed by atoms with Crippen LogP contribution in [0.15, 0.2) is 18.2 Å². The molecule has 1 heterocycles. The van der Waals surface area contributed by atoms with E-state index in [0.29, 0.717) is 13.0 Å². The Morgan fingerprint density at radius 3 is 3.10 bits per heavy atom. The standard InChI is InChI=1S/C17H21NO3/c1-13-7-8-14(5-2-3-9-19)16(11-13)18-17(20)15-6-4-10-21-12-15/h7-8,11,15,19H,3-4,6,9-10,12H2,1H3,(H,18,20). The van der Waals surface area contributed by atoms with Crippen LogP contribution in [0.1, 0.15) is 30.4 Å². The molecule has 1 aromatic carbocycles. The van der Waals surface area contributed by atoms with E-state index in [1.165, 1.54) is 0 Å². The van der Waals surface area contributed by atoms with E-state index in [4.69, 9.17) is 9.84 Å². The van der Waals surface area contributed by atoms with E-state index >= 15 is 0 Å². The molecule has 4 nitrogen and oxygen atoms in total. The number of benzene rings is 1. The van der Waals surface area contributed by atoms with Gasteiger partial charge in [-0.1, -0.05) is 17.9 Å². The summed E-state index contributed by atoms with van der Waals surface area (Å²) in [6.07, 6.45) is 2.22. The fraction of sp³-hybridized carbons (Fsp3) is 0.471. The smallest absolute Gasteiger partial charge is 0.229 e. The average Bonchev–Trinajstić information content (AvgIpc) is 2.50. The highest BCUT2D eigenvalue weighted by Gasteiger charge is 2.22. The third kappa shape index (κ3) is 4.59. The predicted molar refractivity (Wildman–Crippen MR) is 81.9 cm³/mol. The van der Waals surface area contributed by atoms with Crippen molar-refractivity contribution in [2.45, 2.75) is 26.2 Å². The molecule has 1 aliphatic rings. The normalized spacial score (nSPS) is 17.7. The van der Waals surface area contributed by atoms with Crippen molar-refractivity contribution in [1.29, 1.82) is 0 Å². The van der Waals surface area contributed by atoms with E-state index in [1.807, 2.05) is 25.1 Å². The lowest BCUT2D eigenvalue weighted by atomic mass is 10.0. The minimum atomic E-state index is -0.0856. The first-order valence-electron chi connectivity index (χ1n) is 7.29. The lowest BCUT2D eigenvalue weighted by Crippen LogP contribution is -2.30. The van der Waals surface area contributed by atoms with Gasteiger partial charge in [-0.05, 0) is 37.5 Å². The van der Waals surface area contributed by atoms with Crippen LogP contribution in [0.3, 0.4) is 0 Å². The Balaban J connectivity index is 2.12. The molecule has 0 aromatic heterocycles. The van der Waals surface area contributed by atoms with Gasteiger partial charge in [0.05, 0.1) is 24.8 Å². The van der Waals surface area contributed by atoms with Crippen molar-refractivity contribution in [1.82, 2.24) is 0 Å². The summed E-state index contributed by atoms with van der Waals surface area (Å²) in [5.74, 6) is 5.79. The summed E-state index contributed by atoms with van der Waals surface area (Å²) in [6, 6.07) is 5.78. The number of carbonyl (C=O) groups excluding carboxylic acids is 1. The van der Waals surface area contributed by atoms with Crippen molar-refractivity contribution in [2.75, 3.05) is 25.1 Å². The first-order chi connectivity index (χ1) is 10.2. The Hall–Kier alpha value is -1.83. The maximum atomic E-state index is 12.3. The molecular formula is C17H21NO3. The number of carbonyl (C=O) groups is 1. The van der Waals surface area contributed by atoms with Gasteiger partial charge in [0.15, 0.2) is 0 Å². The van der Waals surface area contributed by atoms with Crippen LogP contribution >= 0.6 is 0 Å². The van der Waals surface area contributed by atoms with Crippen LogP contribution in [0.4, 0.5) is 5.69 Å². The lowest BCUT2D eigenvalue weighted by Gasteiger charge is -2.21. The molecule has 2 N–H and O–H groups in total. The van der Waals surface area contributed by atoms with Crippen molar-refractivity contribution < 1.29 is 14.6 Å². The summed E-state index contributed by atoms with van der Waals surface area (Å²) in [5, 5.41) is 11.8. The summed E-state index contributed by atoms with van der Waals surface area (Å²) in [5.41, 5.74) is 2.58. The molecule has 1 fully saturated rings. The summed E-state index contributed by atoms with van der Waals surface area (Å²) in [7, 11) is 0. The molecule has 0 spiro atoms. The Labute approximate surface area is 125 Å². The second-order valence-corrected chi connectivity index (χ2v) is 5.23. The van der Waals surface area contributed by atoms with Crippen LogP contribution in [0.25, 0.3) is 0 Å². The summed E-state index contributed by atoms with van der Waals surface area (Å²) in [4.78, 5) is 12.3. The van der Waals surface area contributed by atoms with E-state index in [2.05, 4.69) is 17.2 Å². The van der Waals surface area contributed by atoms with Crippen LogP contribution in [0.2, 0.25) is 0 Å². The number of hydrogen-bond donors (Lipinski definition) is 2. The number of aryl methyl sites for hydroxylation is 1. The highest BCUT2D eigenvalue weighted by atomic mass is 16.5. The van der Waals surface area contributed by atoms with E-state index in [0.717, 1.165) is 36.3 Å². The zero-order chi connectivity index (χ0) is 15.1. The van der Waals surface area contributed by atoms with E-state index in [1.54, 1.807) is 0 Å². The summed E-state index contributed by atoms with van der Waals surface area (Å²) < 4.78 is 5.36. The molecule has 1 unspecified atom stereocenters. The fourth-order valence-corrected chi connectivity index (χ4v) is 2.27. The van der Waals surface area contributed by atoms with Gasteiger partial charge < -0.3 is 15.2 Å². The minimum Gasteiger partial charge on any atom is -0.395 e. The Kier molecular flexibility index (Phi) is 5.79. The molecule has 0 radical (unpaired) electrons. The molecule has 0 saturated carbocycles. The third-order valence-electron chi connectivity index (χ3n) is 3.42. The van der Waals surface area contributed by atoms with Crippen LogP contribution in [0.5, 0.6) is 0 Å². The zero-order valence-corrected chi connectivity index (χ0v) is 12.3. The highest BCUT2D eigenvalue weighted by Crippen LogP contribution is 2.20. The van der Waals surface area contributed by atoms with Crippen molar-refractivity contribution in [3.8, 4) is 11.8 Å². The van der Waals surface area contributed by atoms with Gasteiger partial charge in [-0.15, -0.1) is 0 Å². The first-order valence-corrected chi connectivity index (χ1v) is 7.29. The van der Waals surface area contributed by atoms with Gasteiger partial charge in [-0.2, -0.15) is 0 Å². The van der Waals surface area contributed by atoms with Gasteiger partial charge in [-0.3, -0.25) is 4.79 Å². The number of ether oxygens (including phenoxy) is 1. The number of anilines is 1.